The summed E-state index contributed by atoms with van der Waals surface area (Å²) in [6.07, 6.45) is 0. The zero-order valence-electron chi connectivity index (χ0n) is 8.78. The fraction of sp³-hybridized carbons (Fsp3) is 0.167. The molecule has 0 radical (unpaired) electrons. The molecule has 1 aromatic heterocycles. The largest absolute Gasteiger partial charge is 0.232 e. The van der Waals surface area contributed by atoms with Crippen molar-refractivity contribution < 1.29 is 0 Å². The van der Waals surface area contributed by atoms with Crippen molar-refractivity contribution in [2.75, 3.05) is 0 Å². The number of rotatable bonds is 1. The lowest BCUT2D eigenvalue weighted by atomic mass is 10.2. The molecular formula is C12H8BrClN2S. The molecular weight excluding hydrogens is 320 g/mol. The molecule has 17 heavy (non-hydrogen) atoms. The average molecular weight is 328 g/mol. The predicted octanol–water partition coefficient (Wildman–Crippen LogP) is 4.31. The van der Waals surface area contributed by atoms with Crippen LogP contribution in [0.5, 0.6) is 0 Å². The number of hydrogen-bond donors (Lipinski definition) is 0. The highest BCUT2D eigenvalue weighted by atomic mass is 79.9. The molecule has 86 valence electrons. The zero-order valence-corrected chi connectivity index (χ0v) is 11.9. The second kappa shape index (κ2) is 4.59. The van der Waals surface area contributed by atoms with Crippen LogP contribution < -0.4 is 0 Å². The van der Waals surface area contributed by atoms with Crippen LogP contribution in [0.15, 0.2) is 28.7 Å². The van der Waals surface area contributed by atoms with Crippen molar-refractivity contribution in [3.63, 3.8) is 0 Å². The topological polar surface area (TPSA) is 25.8 Å². The molecule has 0 amide bonds. The quantitative estimate of drug-likeness (QED) is 0.730. The molecule has 0 fully saturated rings. The summed E-state index contributed by atoms with van der Waals surface area (Å²) in [6, 6.07) is 7.94. The van der Waals surface area contributed by atoms with Crippen molar-refractivity contribution in [1.29, 1.82) is 0 Å². The fourth-order valence-corrected chi connectivity index (χ4v) is 3.54. The molecule has 2 aromatic rings. The van der Waals surface area contributed by atoms with E-state index in [0.29, 0.717) is 11.0 Å². The molecule has 2 heterocycles. The summed E-state index contributed by atoms with van der Waals surface area (Å²) in [5.74, 6) is 2.56. The van der Waals surface area contributed by atoms with E-state index < -0.39 is 0 Å². The number of benzene rings is 1. The first-order valence-electron chi connectivity index (χ1n) is 5.13. The van der Waals surface area contributed by atoms with Gasteiger partial charge >= 0.3 is 0 Å². The normalized spacial score (nSPS) is 13.8. The van der Waals surface area contributed by atoms with Crippen LogP contribution >= 0.6 is 39.3 Å². The van der Waals surface area contributed by atoms with Crippen molar-refractivity contribution >= 4 is 39.3 Å². The van der Waals surface area contributed by atoms with Gasteiger partial charge in [-0.2, -0.15) is 11.8 Å². The summed E-state index contributed by atoms with van der Waals surface area (Å²) in [4.78, 5) is 8.96. The molecule has 1 aliphatic heterocycles. The molecule has 2 nitrogen and oxygen atoms in total. The van der Waals surface area contributed by atoms with Crippen LogP contribution in [0.1, 0.15) is 11.3 Å². The predicted molar refractivity (Wildman–Crippen MR) is 75.2 cm³/mol. The van der Waals surface area contributed by atoms with E-state index >= 15 is 0 Å². The van der Waals surface area contributed by atoms with Crippen LogP contribution in [0.25, 0.3) is 11.4 Å². The number of thioether (sulfide) groups is 1. The van der Waals surface area contributed by atoms with Gasteiger partial charge in [0.05, 0.1) is 5.69 Å². The highest BCUT2D eigenvalue weighted by molar-refractivity contribution is 9.10. The van der Waals surface area contributed by atoms with Gasteiger partial charge in [0.1, 0.15) is 5.15 Å². The third-order valence-corrected chi connectivity index (χ3v) is 4.39. The summed E-state index contributed by atoms with van der Waals surface area (Å²) in [7, 11) is 0. The van der Waals surface area contributed by atoms with Crippen LogP contribution in [-0.4, -0.2) is 9.97 Å². The van der Waals surface area contributed by atoms with Gasteiger partial charge in [0.25, 0.3) is 0 Å². The van der Waals surface area contributed by atoms with Gasteiger partial charge in [0.15, 0.2) is 5.82 Å². The Labute approximate surface area is 117 Å². The maximum atomic E-state index is 6.19. The standard InChI is InChI=1S/C12H8BrClN2S/c13-8-3-1-2-7(4-8)12-15-10-6-17-5-9(10)11(14)16-12/h1-4H,5-6H2. The Bertz CT molecular complexity index is 589. The summed E-state index contributed by atoms with van der Waals surface area (Å²) in [6.45, 7) is 0. The molecule has 0 bridgehead atoms. The smallest absolute Gasteiger partial charge is 0.161 e. The first-order chi connectivity index (χ1) is 8.24. The highest BCUT2D eigenvalue weighted by Crippen LogP contribution is 2.34. The van der Waals surface area contributed by atoms with E-state index in [9.17, 15) is 0 Å². The van der Waals surface area contributed by atoms with Crippen molar-refractivity contribution in [3.05, 3.63) is 45.1 Å². The lowest BCUT2D eigenvalue weighted by molar-refractivity contribution is 1.07. The number of hydrogen-bond acceptors (Lipinski definition) is 3. The van der Waals surface area contributed by atoms with Gasteiger partial charge in [0, 0.05) is 27.1 Å². The lowest BCUT2D eigenvalue weighted by Gasteiger charge is -2.05. The third kappa shape index (κ3) is 2.21. The molecule has 0 spiro atoms. The van der Waals surface area contributed by atoms with E-state index in [1.165, 1.54) is 0 Å². The van der Waals surface area contributed by atoms with Crippen molar-refractivity contribution in [2.24, 2.45) is 0 Å². The summed E-state index contributed by atoms with van der Waals surface area (Å²) >= 11 is 11.5. The van der Waals surface area contributed by atoms with Gasteiger partial charge in [-0.3, -0.25) is 0 Å². The second-order valence-corrected chi connectivity index (χ2v) is 6.03. The van der Waals surface area contributed by atoms with E-state index in [0.717, 1.165) is 32.8 Å². The van der Waals surface area contributed by atoms with Gasteiger partial charge in [-0.15, -0.1) is 0 Å². The van der Waals surface area contributed by atoms with Gasteiger partial charge in [-0.1, -0.05) is 39.7 Å². The minimum absolute atomic E-state index is 0.593. The summed E-state index contributed by atoms with van der Waals surface area (Å²) in [5, 5.41) is 0.593. The van der Waals surface area contributed by atoms with Gasteiger partial charge in [-0.25, -0.2) is 9.97 Å². The molecule has 0 atom stereocenters. The number of fused-ring (bicyclic) bond motifs is 1. The minimum atomic E-state index is 0.593. The average Bonchev–Trinajstić information content (AvgIpc) is 2.77. The highest BCUT2D eigenvalue weighted by Gasteiger charge is 2.19. The van der Waals surface area contributed by atoms with E-state index in [1.807, 2.05) is 36.0 Å². The molecule has 0 N–H and O–H groups in total. The Kier molecular flexibility index (Phi) is 3.11. The lowest BCUT2D eigenvalue weighted by Crippen LogP contribution is -1.97. The summed E-state index contributed by atoms with van der Waals surface area (Å²) in [5.41, 5.74) is 3.15. The first kappa shape index (κ1) is 11.5. The maximum absolute atomic E-state index is 6.19. The van der Waals surface area contributed by atoms with Gasteiger partial charge in [0.2, 0.25) is 0 Å². The third-order valence-electron chi connectivity index (χ3n) is 2.61. The molecule has 0 saturated heterocycles. The van der Waals surface area contributed by atoms with Crippen molar-refractivity contribution in [3.8, 4) is 11.4 Å². The Morgan fingerprint density at radius 3 is 2.94 bits per heavy atom. The molecule has 0 unspecified atom stereocenters. The van der Waals surface area contributed by atoms with Crippen LogP contribution in [0.2, 0.25) is 5.15 Å². The molecule has 1 aromatic carbocycles. The summed E-state index contributed by atoms with van der Waals surface area (Å²) < 4.78 is 1.02. The van der Waals surface area contributed by atoms with Gasteiger partial charge < -0.3 is 0 Å². The molecule has 5 heteroatoms. The Morgan fingerprint density at radius 1 is 1.24 bits per heavy atom. The van der Waals surface area contributed by atoms with Crippen LogP contribution in [0.4, 0.5) is 0 Å². The maximum Gasteiger partial charge on any atom is 0.161 e. The van der Waals surface area contributed by atoms with E-state index in [1.54, 1.807) is 0 Å². The molecule has 3 rings (SSSR count). The molecule has 0 aliphatic carbocycles. The number of aromatic nitrogens is 2. The number of nitrogens with zero attached hydrogens (tertiary/aromatic N) is 2. The van der Waals surface area contributed by atoms with Gasteiger partial charge in [-0.05, 0) is 12.1 Å². The first-order valence-corrected chi connectivity index (χ1v) is 7.45. The van der Waals surface area contributed by atoms with Crippen LogP contribution in [0, 0.1) is 0 Å². The zero-order chi connectivity index (χ0) is 11.8. The van der Waals surface area contributed by atoms with Crippen molar-refractivity contribution in [2.45, 2.75) is 11.5 Å². The monoisotopic (exact) mass is 326 g/mol. The van der Waals surface area contributed by atoms with E-state index in [-0.39, 0.29) is 0 Å². The molecule has 0 saturated carbocycles. The van der Waals surface area contributed by atoms with Crippen molar-refractivity contribution in [1.82, 2.24) is 9.97 Å². The van der Waals surface area contributed by atoms with E-state index in [2.05, 4.69) is 25.9 Å². The number of halogens is 2. The second-order valence-electron chi connectivity index (χ2n) is 3.77. The fourth-order valence-electron chi connectivity index (χ4n) is 1.77. The molecule has 1 aliphatic rings. The Morgan fingerprint density at radius 2 is 2.12 bits per heavy atom. The Hall–Kier alpha value is -0.580. The van der Waals surface area contributed by atoms with E-state index in [4.69, 9.17) is 11.6 Å². The SMILES string of the molecule is Clc1nc(-c2cccc(Br)c2)nc2c1CSC2. The van der Waals surface area contributed by atoms with Crippen LogP contribution in [0.3, 0.4) is 0 Å². The van der Waals surface area contributed by atoms with Crippen LogP contribution in [-0.2, 0) is 11.5 Å². The Balaban J connectivity index is 2.13. The minimum Gasteiger partial charge on any atom is -0.232 e.